The highest BCUT2D eigenvalue weighted by atomic mass is 35.5. The van der Waals surface area contributed by atoms with E-state index in [-0.39, 0.29) is 12.0 Å². The van der Waals surface area contributed by atoms with Gasteiger partial charge in [-0.15, -0.1) is 0 Å². The van der Waals surface area contributed by atoms with Gasteiger partial charge in [0.2, 0.25) is 5.95 Å². The van der Waals surface area contributed by atoms with Gasteiger partial charge in [0.25, 0.3) is 0 Å². The zero-order valence-electron chi connectivity index (χ0n) is 10.3. The lowest BCUT2D eigenvalue weighted by molar-refractivity contribution is -0.141. The number of methoxy groups -OCH3 is 1. The van der Waals surface area contributed by atoms with Crippen molar-refractivity contribution in [1.82, 2.24) is 9.97 Å². The Morgan fingerprint density at radius 1 is 1.50 bits per heavy atom. The molecule has 0 aromatic carbocycles. The fourth-order valence-electron chi connectivity index (χ4n) is 2.21. The summed E-state index contributed by atoms with van der Waals surface area (Å²) in [6.45, 7) is 0.864. The van der Waals surface area contributed by atoms with Crippen LogP contribution in [0, 0.1) is 0 Å². The maximum absolute atomic E-state index is 11.4. The van der Waals surface area contributed by atoms with Gasteiger partial charge in [-0.2, -0.15) is 0 Å². The van der Waals surface area contributed by atoms with Crippen LogP contribution in [0.4, 0.5) is 5.95 Å². The third-order valence-corrected chi connectivity index (χ3v) is 3.32. The second kappa shape index (κ2) is 6.00. The highest BCUT2D eigenvalue weighted by molar-refractivity contribution is 6.30. The lowest BCUT2D eigenvalue weighted by atomic mass is 10.00. The van der Waals surface area contributed by atoms with Crippen LogP contribution in [-0.4, -0.2) is 35.6 Å². The highest BCUT2D eigenvalue weighted by Gasteiger charge is 2.26. The lowest BCUT2D eigenvalue weighted by Crippen LogP contribution is -2.42. The highest BCUT2D eigenvalue weighted by Crippen LogP contribution is 2.24. The van der Waals surface area contributed by atoms with Crippen LogP contribution in [0.15, 0.2) is 12.4 Å². The predicted molar refractivity (Wildman–Crippen MR) is 68.7 cm³/mol. The number of halogens is 1. The van der Waals surface area contributed by atoms with Gasteiger partial charge in [-0.05, 0) is 19.3 Å². The molecule has 98 valence electrons. The fraction of sp³-hybridized carbons (Fsp3) is 0.583. The topological polar surface area (TPSA) is 55.3 Å². The monoisotopic (exact) mass is 269 g/mol. The van der Waals surface area contributed by atoms with E-state index < -0.39 is 0 Å². The van der Waals surface area contributed by atoms with E-state index in [2.05, 4.69) is 14.9 Å². The van der Waals surface area contributed by atoms with Gasteiger partial charge in [0.15, 0.2) is 0 Å². The van der Waals surface area contributed by atoms with E-state index in [0.717, 1.165) is 25.8 Å². The molecule has 0 spiro atoms. The predicted octanol–water partition coefficient (Wildman–Crippen LogP) is 2.05. The molecule has 6 heteroatoms. The molecule has 0 radical (unpaired) electrons. The number of esters is 1. The molecular formula is C12H16ClN3O2. The van der Waals surface area contributed by atoms with Crippen molar-refractivity contribution >= 4 is 23.5 Å². The van der Waals surface area contributed by atoms with E-state index in [0.29, 0.717) is 17.4 Å². The molecule has 2 heterocycles. The van der Waals surface area contributed by atoms with Gasteiger partial charge in [-0.25, -0.2) is 9.97 Å². The summed E-state index contributed by atoms with van der Waals surface area (Å²) < 4.78 is 4.73. The summed E-state index contributed by atoms with van der Waals surface area (Å²) >= 11 is 5.78. The van der Waals surface area contributed by atoms with Crippen molar-refractivity contribution in [2.45, 2.75) is 31.7 Å². The minimum Gasteiger partial charge on any atom is -0.469 e. The minimum atomic E-state index is -0.194. The summed E-state index contributed by atoms with van der Waals surface area (Å²) in [5, 5.41) is 0.514. The van der Waals surface area contributed by atoms with Crippen LogP contribution in [0.2, 0.25) is 5.02 Å². The molecule has 1 atom stereocenters. The minimum absolute atomic E-state index is 0.118. The summed E-state index contributed by atoms with van der Waals surface area (Å²) in [5.74, 6) is 0.439. The van der Waals surface area contributed by atoms with E-state index in [4.69, 9.17) is 16.3 Å². The average molecular weight is 270 g/mol. The Morgan fingerprint density at radius 3 is 2.89 bits per heavy atom. The molecule has 1 aliphatic heterocycles. The van der Waals surface area contributed by atoms with Crippen LogP contribution in [0.5, 0.6) is 0 Å². The van der Waals surface area contributed by atoms with Gasteiger partial charge < -0.3 is 9.64 Å². The van der Waals surface area contributed by atoms with E-state index in [1.807, 2.05) is 0 Å². The number of carbonyl (C=O) groups is 1. The van der Waals surface area contributed by atoms with Gasteiger partial charge in [-0.1, -0.05) is 11.6 Å². The zero-order chi connectivity index (χ0) is 13.0. The second-order valence-corrected chi connectivity index (χ2v) is 4.76. The molecule has 1 saturated heterocycles. The Kier molecular flexibility index (Phi) is 4.36. The molecule has 2 rings (SSSR count). The first-order chi connectivity index (χ1) is 8.70. The molecule has 0 bridgehead atoms. The molecule has 0 N–H and O–H groups in total. The molecule has 18 heavy (non-hydrogen) atoms. The van der Waals surface area contributed by atoms with Gasteiger partial charge in [-0.3, -0.25) is 4.79 Å². The molecule has 1 aromatic heterocycles. The van der Waals surface area contributed by atoms with Crippen molar-refractivity contribution in [2.75, 3.05) is 18.6 Å². The first-order valence-electron chi connectivity index (χ1n) is 6.01. The lowest BCUT2D eigenvalue weighted by Gasteiger charge is -2.35. The molecule has 0 aliphatic carbocycles. The standard InChI is InChI=1S/C12H16ClN3O2/c1-18-11(17)6-10-4-2-3-5-16(10)12-14-7-9(13)8-15-12/h7-8,10H,2-6H2,1H3. The number of anilines is 1. The maximum Gasteiger partial charge on any atom is 0.307 e. The third-order valence-electron chi connectivity index (χ3n) is 3.12. The van der Waals surface area contributed by atoms with E-state index in [1.165, 1.54) is 7.11 Å². The summed E-state index contributed by atoms with van der Waals surface area (Å²) in [6, 6.07) is 0.118. The van der Waals surface area contributed by atoms with Gasteiger partial charge in [0, 0.05) is 12.6 Å². The molecule has 1 fully saturated rings. The Balaban J connectivity index is 2.12. The Labute approximate surface area is 111 Å². The van der Waals surface area contributed by atoms with Crippen LogP contribution >= 0.6 is 11.6 Å². The fourth-order valence-corrected chi connectivity index (χ4v) is 2.30. The summed E-state index contributed by atoms with van der Waals surface area (Å²) in [6.07, 6.45) is 6.69. The first kappa shape index (κ1) is 13.1. The third kappa shape index (κ3) is 3.10. The average Bonchev–Trinajstić information content (AvgIpc) is 2.40. The largest absolute Gasteiger partial charge is 0.469 e. The van der Waals surface area contributed by atoms with Crippen LogP contribution in [-0.2, 0) is 9.53 Å². The Bertz CT molecular complexity index is 410. The van der Waals surface area contributed by atoms with E-state index >= 15 is 0 Å². The smallest absolute Gasteiger partial charge is 0.307 e. The van der Waals surface area contributed by atoms with Gasteiger partial charge >= 0.3 is 5.97 Å². The number of hydrogen-bond acceptors (Lipinski definition) is 5. The van der Waals surface area contributed by atoms with Crippen molar-refractivity contribution in [3.8, 4) is 0 Å². The van der Waals surface area contributed by atoms with Gasteiger partial charge in [0.05, 0.1) is 30.9 Å². The summed E-state index contributed by atoms with van der Waals surface area (Å²) in [7, 11) is 1.41. The van der Waals surface area contributed by atoms with Crippen LogP contribution in [0.1, 0.15) is 25.7 Å². The first-order valence-corrected chi connectivity index (χ1v) is 6.39. The molecule has 1 unspecified atom stereocenters. The number of carbonyl (C=O) groups excluding carboxylic acids is 1. The Morgan fingerprint density at radius 2 is 2.22 bits per heavy atom. The van der Waals surface area contributed by atoms with E-state index in [1.54, 1.807) is 12.4 Å². The van der Waals surface area contributed by atoms with Crippen molar-refractivity contribution in [1.29, 1.82) is 0 Å². The molecular weight excluding hydrogens is 254 g/mol. The normalized spacial score (nSPS) is 19.7. The summed E-state index contributed by atoms with van der Waals surface area (Å²) in [5.41, 5.74) is 0. The SMILES string of the molecule is COC(=O)CC1CCCCN1c1ncc(Cl)cn1. The number of aromatic nitrogens is 2. The van der Waals surface area contributed by atoms with Crippen molar-refractivity contribution in [3.05, 3.63) is 17.4 Å². The molecule has 0 amide bonds. The quantitative estimate of drug-likeness (QED) is 0.786. The molecule has 1 aliphatic rings. The zero-order valence-corrected chi connectivity index (χ0v) is 11.1. The second-order valence-electron chi connectivity index (χ2n) is 4.32. The molecule has 1 aromatic rings. The molecule has 0 saturated carbocycles. The number of hydrogen-bond donors (Lipinski definition) is 0. The van der Waals surface area contributed by atoms with Crippen molar-refractivity contribution in [2.24, 2.45) is 0 Å². The Hall–Kier alpha value is -1.36. The van der Waals surface area contributed by atoms with E-state index in [9.17, 15) is 4.79 Å². The number of nitrogens with zero attached hydrogens (tertiary/aromatic N) is 3. The number of piperidine rings is 1. The van der Waals surface area contributed by atoms with Crippen LogP contribution in [0.25, 0.3) is 0 Å². The van der Waals surface area contributed by atoms with Crippen LogP contribution in [0.3, 0.4) is 0 Å². The number of ether oxygens (including phenoxy) is 1. The molecule has 5 nitrogen and oxygen atoms in total. The van der Waals surface area contributed by atoms with Crippen molar-refractivity contribution < 1.29 is 9.53 Å². The number of rotatable bonds is 3. The van der Waals surface area contributed by atoms with Crippen LogP contribution < -0.4 is 4.90 Å². The van der Waals surface area contributed by atoms with Gasteiger partial charge in [0.1, 0.15) is 0 Å². The summed E-state index contributed by atoms with van der Waals surface area (Å²) in [4.78, 5) is 21.9. The van der Waals surface area contributed by atoms with Crippen molar-refractivity contribution in [3.63, 3.8) is 0 Å². The maximum atomic E-state index is 11.4.